The summed E-state index contributed by atoms with van der Waals surface area (Å²) in [4.78, 5) is 14.7. The Kier molecular flexibility index (Phi) is 7.79. The van der Waals surface area contributed by atoms with Crippen LogP contribution >= 0.6 is 0 Å². The zero-order valence-corrected chi connectivity index (χ0v) is 20.0. The quantitative estimate of drug-likeness (QED) is 0.603. The number of hydrogen-bond acceptors (Lipinski definition) is 5. The van der Waals surface area contributed by atoms with Crippen LogP contribution in [0.5, 0.6) is 11.5 Å². The number of carbonyl (C=O) groups is 1. The molecular formula is C24H32N2O5S. The van der Waals surface area contributed by atoms with E-state index in [1.807, 2.05) is 18.2 Å². The third-order valence-electron chi connectivity index (χ3n) is 6.01. The van der Waals surface area contributed by atoms with E-state index in [1.165, 1.54) is 12.1 Å². The van der Waals surface area contributed by atoms with Gasteiger partial charge in [-0.05, 0) is 67.1 Å². The van der Waals surface area contributed by atoms with Crippen LogP contribution in [0.4, 0.5) is 0 Å². The van der Waals surface area contributed by atoms with Crippen LogP contribution < -0.4 is 9.47 Å². The summed E-state index contributed by atoms with van der Waals surface area (Å²) >= 11 is 0. The van der Waals surface area contributed by atoms with Gasteiger partial charge in [-0.2, -0.15) is 4.31 Å². The number of piperidine rings is 1. The highest BCUT2D eigenvalue weighted by atomic mass is 32.2. The molecule has 0 saturated carbocycles. The van der Waals surface area contributed by atoms with E-state index in [4.69, 9.17) is 9.47 Å². The number of rotatable bonds is 8. The maximum Gasteiger partial charge on any atom is 0.253 e. The largest absolute Gasteiger partial charge is 0.493 e. The molecule has 0 spiro atoms. The molecule has 2 aromatic carbocycles. The minimum atomic E-state index is -3.52. The first-order valence-electron chi connectivity index (χ1n) is 10.8. The molecule has 0 unspecified atom stereocenters. The number of hydrogen-bond donors (Lipinski definition) is 0. The van der Waals surface area contributed by atoms with Gasteiger partial charge in [0.25, 0.3) is 5.91 Å². The Morgan fingerprint density at radius 2 is 1.66 bits per heavy atom. The van der Waals surface area contributed by atoms with Crippen LogP contribution in [0.3, 0.4) is 0 Å². The predicted molar refractivity (Wildman–Crippen MR) is 124 cm³/mol. The summed E-state index contributed by atoms with van der Waals surface area (Å²) in [6.45, 7) is 3.75. The maximum absolute atomic E-state index is 12.9. The van der Waals surface area contributed by atoms with Crippen LogP contribution in [0.1, 0.15) is 35.7 Å². The van der Waals surface area contributed by atoms with Crippen molar-refractivity contribution >= 4 is 15.9 Å². The van der Waals surface area contributed by atoms with Crippen LogP contribution in [0.2, 0.25) is 0 Å². The lowest BCUT2D eigenvalue weighted by Gasteiger charge is -2.29. The lowest BCUT2D eigenvalue weighted by Crippen LogP contribution is -2.37. The van der Waals surface area contributed by atoms with Crippen LogP contribution in [-0.2, 0) is 16.4 Å². The van der Waals surface area contributed by atoms with E-state index in [0.717, 1.165) is 18.4 Å². The van der Waals surface area contributed by atoms with Gasteiger partial charge in [-0.25, -0.2) is 8.42 Å². The Morgan fingerprint density at radius 3 is 2.25 bits per heavy atom. The van der Waals surface area contributed by atoms with Crippen molar-refractivity contribution in [3.8, 4) is 11.5 Å². The molecular weight excluding hydrogens is 428 g/mol. The molecule has 3 rings (SSSR count). The zero-order chi connectivity index (χ0) is 23.3. The van der Waals surface area contributed by atoms with E-state index in [0.29, 0.717) is 49.0 Å². The summed E-state index contributed by atoms with van der Waals surface area (Å²) in [6.07, 6.45) is 2.41. The van der Waals surface area contributed by atoms with Gasteiger partial charge >= 0.3 is 0 Å². The third-order valence-corrected chi connectivity index (χ3v) is 7.93. The first-order chi connectivity index (χ1) is 15.3. The van der Waals surface area contributed by atoms with Gasteiger partial charge in [0.05, 0.1) is 19.1 Å². The van der Waals surface area contributed by atoms with Gasteiger partial charge in [0, 0.05) is 32.2 Å². The Labute approximate surface area is 191 Å². The average Bonchev–Trinajstić information content (AvgIpc) is 2.82. The Morgan fingerprint density at radius 1 is 1.03 bits per heavy atom. The van der Waals surface area contributed by atoms with E-state index in [-0.39, 0.29) is 10.8 Å². The summed E-state index contributed by atoms with van der Waals surface area (Å²) < 4.78 is 37.9. The predicted octanol–water partition coefficient (Wildman–Crippen LogP) is 3.44. The van der Waals surface area contributed by atoms with E-state index >= 15 is 0 Å². The summed E-state index contributed by atoms with van der Waals surface area (Å²) in [5.74, 6) is 1.71. The third kappa shape index (κ3) is 5.42. The number of benzene rings is 2. The fourth-order valence-corrected chi connectivity index (χ4v) is 5.27. The fraction of sp³-hybridized carbons (Fsp3) is 0.458. The summed E-state index contributed by atoms with van der Waals surface area (Å²) in [5, 5.41) is 0. The highest BCUT2D eigenvalue weighted by Gasteiger charge is 2.28. The van der Waals surface area contributed by atoms with E-state index < -0.39 is 10.0 Å². The maximum atomic E-state index is 12.9. The van der Waals surface area contributed by atoms with E-state index in [9.17, 15) is 13.2 Å². The number of nitrogens with zero attached hydrogens (tertiary/aromatic N) is 2. The summed E-state index contributed by atoms with van der Waals surface area (Å²) in [7, 11) is 1.40. The van der Waals surface area contributed by atoms with Gasteiger partial charge in [-0.1, -0.05) is 13.0 Å². The monoisotopic (exact) mass is 460 g/mol. The molecule has 0 N–H and O–H groups in total. The highest BCUT2D eigenvalue weighted by molar-refractivity contribution is 7.89. The molecule has 174 valence electrons. The molecule has 1 amide bonds. The van der Waals surface area contributed by atoms with Crippen molar-refractivity contribution in [3.05, 3.63) is 53.6 Å². The molecule has 1 fully saturated rings. The number of amides is 1. The van der Waals surface area contributed by atoms with E-state index in [2.05, 4.69) is 6.92 Å². The number of likely N-dealkylation sites (N-methyl/N-ethyl adjacent to an activating group) is 1. The van der Waals surface area contributed by atoms with Crippen LogP contribution in [0, 0.1) is 5.92 Å². The molecule has 0 aromatic heterocycles. The van der Waals surface area contributed by atoms with Gasteiger partial charge in [-0.15, -0.1) is 0 Å². The van der Waals surface area contributed by atoms with Crippen molar-refractivity contribution < 1.29 is 22.7 Å². The molecule has 0 radical (unpaired) electrons. The molecule has 7 nitrogen and oxygen atoms in total. The molecule has 0 bridgehead atoms. The second kappa shape index (κ2) is 10.4. The molecule has 0 aliphatic carbocycles. The molecule has 1 aliphatic rings. The van der Waals surface area contributed by atoms with Gasteiger partial charge in [0.2, 0.25) is 10.0 Å². The van der Waals surface area contributed by atoms with Crippen LogP contribution in [0.25, 0.3) is 0 Å². The number of carbonyl (C=O) groups excluding carboxylic acids is 1. The average molecular weight is 461 g/mol. The van der Waals surface area contributed by atoms with Crippen molar-refractivity contribution in [2.45, 2.75) is 31.1 Å². The van der Waals surface area contributed by atoms with Gasteiger partial charge in [-0.3, -0.25) is 4.79 Å². The molecule has 8 heteroatoms. The fourth-order valence-electron chi connectivity index (χ4n) is 3.80. The number of ether oxygens (including phenoxy) is 2. The second-order valence-electron chi connectivity index (χ2n) is 8.28. The van der Waals surface area contributed by atoms with Crippen molar-refractivity contribution in [3.63, 3.8) is 0 Å². The number of sulfonamides is 1. The molecule has 0 atom stereocenters. The molecule has 1 saturated heterocycles. The van der Waals surface area contributed by atoms with Crippen molar-refractivity contribution in [2.24, 2.45) is 5.92 Å². The first-order valence-corrected chi connectivity index (χ1v) is 12.3. The van der Waals surface area contributed by atoms with Gasteiger partial charge in [0.15, 0.2) is 11.5 Å². The van der Waals surface area contributed by atoms with Gasteiger partial charge in [0.1, 0.15) is 0 Å². The Bertz CT molecular complexity index is 1030. The molecule has 32 heavy (non-hydrogen) atoms. The van der Waals surface area contributed by atoms with Crippen LogP contribution in [-0.4, -0.2) is 64.4 Å². The van der Waals surface area contributed by atoms with Crippen LogP contribution in [0.15, 0.2) is 47.4 Å². The number of methoxy groups -OCH3 is 2. The first kappa shape index (κ1) is 24.1. The van der Waals surface area contributed by atoms with E-state index in [1.54, 1.807) is 42.6 Å². The van der Waals surface area contributed by atoms with Crippen molar-refractivity contribution in [2.75, 3.05) is 40.9 Å². The normalized spacial score (nSPS) is 15.4. The standard InChI is InChI=1S/C24H32N2O5S/c1-18-11-15-26(16-12-18)32(28,29)21-8-6-20(7-9-21)24(27)25(2)14-13-19-5-10-22(30-3)23(17-19)31-4/h5-10,17-18H,11-16H2,1-4H3. The SMILES string of the molecule is COc1ccc(CCN(C)C(=O)c2ccc(S(=O)(=O)N3CCC(C)CC3)cc2)cc1OC. The molecule has 2 aromatic rings. The topological polar surface area (TPSA) is 76.2 Å². The Balaban J connectivity index is 1.62. The molecule has 1 aliphatic heterocycles. The molecule has 1 heterocycles. The highest BCUT2D eigenvalue weighted by Crippen LogP contribution is 2.28. The lowest BCUT2D eigenvalue weighted by atomic mass is 10.0. The minimum absolute atomic E-state index is 0.152. The van der Waals surface area contributed by atoms with Crippen molar-refractivity contribution in [1.82, 2.24) is 9.21 Å². The second-order valence-corrected chi connectivity index (χ2v) is 10.2. The smallest absolute Gasteiger partial charge is 0.253 e. The Hall–Kier alpha value is -2.58. The minimum Gasteiger partial charge on any atom is -0.493 e. The summed E-state index contributed by atoms with van der Waals surface area (Å²) in [6, 6.07) is 11.9. The lowest BCUT2D eigenvalue weighted by molar-refractivity contribution is 0.0796. The van der Waals surface area contributed by atoms with Gasteiger partial charge < -0.3 is 14.4 Å². The van der Waals surface area contributed by atoms with Crippen molar-refractivity contribution in [1.29, 1.82) is 0 Å². The zero-order valence-electron chi connectivity index (χ0n) is 19.2. The summed E-state index contributed by atoms with van der Waals surface area (Å²) in [5.41, 5.74) is 1.49.